The highest BCUT2D eigenvalue weighted by Gasteiger charge is 2.18. The van der Waals surface area contributed by atoms with Crippen molar-refractivity contribution < 1.29 is 14.7 Å². The van der Waals surface area contributed by atoms with E-state index in [4.69, 9.17) is 23.2 Å². The van der Waals surface area contributed by atoms with Crippen LogP contribution in [0.25, 0.3) is 11.1 Å². The van der Waals surface area contributed by atoms with Crippen molar-refractivity contribution in [3.05, 3.63) is 129 Å². The predicted octanol–water partition coefficient (Wildman–Crippen LogP) is 7.56. The Hall–Kier alpha value is -3.60. The Balaban J connectivity index is 1.54. The lowest BCUT2D eigenvalue weighted by molar-refractivity contribution is -0.136. The van der Waals surface area contributed by atoms with Crippen LogP contribution in [0.2, 0.25) is 10.0 Å². The van der Waals surface area contributed by atoms with Gasteiger partial charge in [-0.2, -0.15) is 0 Å². The van der Waals surface area contributed by atoms with Gasteiger partial charge in [-0.1, -0.05) is 102 Å². The second-order valence-electron chi connectivity index (χ2n) is 8.90. The SMILES string of the molecule is O=C(O)Cc1ccccc1-c1ccc(CN(CCCc2ccccc2)C(=O)c2cc(Cl)cc(Cl)c2)cc1. The summed E-state index contributed by atoms with van der Waals surface area (Å²) in [6, 6.07) is 30.5. The van der Waals surface area contributed by atoms with Crippen molar-refractivity contribution in [2.75, 3.05) is 6.54 Å². The summed E-state index contributed by atoms with van der Waals surface area (Å²) in [5.74, 6) is -0.997. The van der Waals surface area contributed by atoms with Crippen LogP contribution in [0.3, 0.4) is 0 Å². The van der Waals surface area contributed by atoms with Crippen LogP contribution in [-0.4, -0.2) is 28.4 Å². The Morgan fingerprint density at radius 2 is 1.41 bits per heavy atom. The fourth-order valence-corrected chi connectivity index (χ4v) is 4.89. The van der Waals surface area contributed by atoms with E-state index in [1.165, 1.54) is 5.56 Å². The molecule has 0 spiro atoms. The van der Waals surface area contributed by atoms with Crippen LogP contribution < -0.4 is 0 Å². The van der Waals surface area contributed by atoms with Crippen molar-refractivity contribution in [3.63, 3.8) is 0 Å². The third-order valence-corrected chi connectivity index (χ3v) is 6.57. The molecule has 4 aromatic carbocycles. The maximum absolute atomic E-state index is 13.5. The minimum Gasteiger partial charge on any atom is -0.481 e. The van der Waals surface area contributed by atoms with Gasteiger partial charge in [0.1, 0.15) is 0 Å². The smallest absolute Gasteiger partial charge is 0.307 e. The molecular weight excluding hydrogens is 505 g/mol. The molecule has 0 saturated heterocycles. The number of benzene rings is 4. The molecule has 37 heavy (non-hydrogen) atoms. The molecule has 0 atom stereocenters. The molecule has 0 saturated carbocycles. The lowest BCUT2D eigenvalue weighted by Crippen LogP contribution is -2.31. The van der Waals surface area contributed by atoms with Gasteiger partial charge in [0.15, 0.2) is 0 Å². The van der Waals surface area contributed by atoms with E-state index in [2.05, 4.69) is 12.1 Å². The number of carbonyl (C=O) groups excluding carboxylic acids is 1. The molecular formula is C31H27Cl2NO3. The molecule has 0 bridgehead atoms. The lowest BCUT2D eigenvalue weighted by atomic mass is 9.97. The summed E-state index contributed by atoms with van der Waals surface area (Å²) in [6.07, 6.45) is 1.63. The molecule has 6 heteroatoms. The summed E-state index contributed by atoms with van der Waals surface area (Å²) in [5.41, 5.74) is 5.24. The van der Waals surface area contributed by atoms with E-state index in [1.807, 2.05) is 71.6 Å². The Bertz CT molecular complexity index is 1350. The maximum atomic E-state index is 13.5. The molecule has 0 aliphatic heterocycles. The summed E-state index contributed by atoms with van der Waals surface area (Å²) >= 11 is 12.3. The van der Waals surface area contributed by atoms with Crippen LogP contribution in [0.15, 0.2) is 97.1 Å². The fraction of sp³-hybridized carbons (Fsp3) is 0.161. The van der Waals surface area contributed by atoms with Gasteiger partial charge in [-0.05, 0) is 58.9 Å². The van der Waals surface area contributed by atoms with Crippen molar-refractivity contribution in [3.8, 4) is 11.1 Å². The first kappa shape index (κ1) is 26.5. The summed E-state index contributed by atoms with van der Waals surface area (Å²) in [5, 5.41) is 10.1. The highest BCUT2D eigenvalue weighted by atomic mass is 35.5. The summed E-state index contributed by atoms with van der Waals surface area (Å²) in [4.78, 5) is 26.6. The number of aliphatic carboxylic acids is 1. The standard InChI is InChI=1S/C31H27Cl2NO3/c32-27-17-26(18-28(33)20-27)31(37)34(16-6-9-22-7-2-1-3-8-22)21-23-12-14-24(15-13-23)29-11-5-4-10-25(29)19-30(35)36/h1-5,7-8,10-15,17-18,20H,6,9,16,19,21H2,(H,35,36). The molecule has 0 aliphatic carbocycles. The summed E-state index contributed by atoms with van der Waals surface area (Å²) in [7, 11) is 0. The number of aryl methyl sites for hydroxylation is 1. The molecule has 1 N–H and O–H groups in total. The quantitative estimate of drug-likeness (QED) is 0.229. The number of rotatable bonds is 10. The molecule has 188 valence electrons. The number of halogens is 2. The molecule has 0 fully saturated rings. The predicted molar refractivity (Wildman–Crippen MR) is 149 cm³/mol. The van der Waals surface area contributed by atoms with E-state index in [0.717, 1.165) is 35.1 Å². The maximum Gasteiger partial charge on any atom is 0.307 e. The average molecular weight is 532 g/mol. The number of nitrogens with zero attached hydrogens (tertiary/aromatic N) is 1. The lowest BCUT2D eigenvalue weighted by Gasteiger charge is -2.23. The molecule has 4 nitrogen and oxygen atoms in total. The monoisotopic (exact) mass is 531 g/mol. The van der Waals surface area contributed by atoms with Gasteiger partial charge in [0.25, 0.3) is 5.91 Å². The number of carbonyl (C=O) groups is 2. The minimum atomic E-state index is -0.866. The van der Waals surface area contributed by atoms with E-state index in [-0.39, 0.29) is 12.3 Å². The number of carboxylic acid groups (broad SMARTS) is 1. The molecule has 0 heterocycles. The van der Waals surface area contributed by atoms with Crippen molar-refractivity contribution in [2.45, 2.75) is 25.8 Å². The molecule has 0 radical (unpaired) electrons. The number of amides is 1. The van der Waals surface area contributed by atoms with E-state index in [0.29, 0.717) is 28.7 Å². The van der Waals surface area contributed by atoms with Gasteiger partial charge in [-0.15, -0.1) is 0 Å². The molecule has 4 aromatic rings. The third kappa shape index (κ3) is 7.45. The van der Waals surface area contributed by atoms with Gasteiger partial charge >= 0.3 is 5.97 Å². The fourth-order valence-electron chi connectivity index (χ4n) is 4.36. The van der Waals surface area contributed by atoms with E-state index in [1.54, 1.807) is 18.2 Å². The van der Waals surface area contributed by atoms with Gasteiger partial charge in [0.05, 0.1) is 6.42 Å². The number of hydrogen-bond donors (Lipinski definition) is 1. The first-order chi connectivity index (χ1) is 17.9. The number of hydrogen-bond acceptors (Lipinski definition) is 2. The zero-order valence-electron chi connectivity index (χ0n) is 20.2. The van der Waals surface area contributed by atoms with Crippen LogP contribution in [0.4, 0.5) is 0 Å². The Morgan fingerprint density at radius 1 is 0.757 bits per heavy atom. The third-order valence-electron chi connectivity index (χ3n) is 6.13. The minimum absolute atomic E-state index is 0.0379. The molecule has 1 amide bonds. The normalized spacial score (nSPS) is 10.8. The van der Waals surface area contributed by atoms with Crippen LogP contribution in [0, 0.1) is 0 Å². The summed E-state index contributed by atoms with van der Waals surface area (Å²) in [6.45, 7) is 0.996. The highest BCUT2D eigenvalue weighted by Crippen LogP contribution is 2.26. The van der Waals surface area contributed by atoms with Crippen LogP contribution in [-0.2, 0) is 24.2 Å². The zero-order chi connectivity index (χ0) is 26.2. The largest absolute Gasteiger partial charge is 0.481 e. The van der Waals surface area contributed by atoms with Crippen LogP contribution in [0.1, 0.15) is 33.5 Å². The second kappa shape index (κ2) is 12.6. The van der Waals surface area contributed by atoms with Crippen molar-refractivity contribution >= 4 is 35.1 Å². The van der Waals surface area contributed by atoms with Gasteiger partial charge in [-0.25, -0.2) is 0 Å². The first-order valence-corrected chi connectivity index (χ1v) is 12.8. The molecule has 0 aromatic heterocycles. The van der Waals surface area contributed by atoms with Gasteiger partial charge < -0.3 is 10.0 Å². The molecule has 4 rings (SSSR count). The Labute approximate surface area is 227 Å². The van der Waals surface area contributed by atoms with Crippen LogP contribution in [0.5, 0.6) is 0 Å². The Morgan fingerprint density at radius 3 is 2.08 bits per heavy atom. The van der Waals surface area contributed by atoms with E-state index >= 15 is 0 Å². The van der Waals surface area contributed by atoms with E-state index < -0.39 is 5.97 Å². The van der Waals surface area contributed by atoms with Gasteiger partial charge in [0, 0.05) is 28.7 Å². The van der Waals surface area contributed by atoms with Crippen molar-refractivity contribution in [1.29, 1.82) is 0 Å². The van der Waals surface area contributed by atoms with Crippen molar-refractivity contribution in [1.82, 2.24) is 4.90 Å². The van der Waals surface area contributed by atoms with Crippen molar-refractivity contribution in [2.24, 2.45) is 0 Å². The number of carboxylic acids is 1. The Kier molecular flexibility index (Phi) is 8.99. The van der Waals surface area contributed by atoms with Crippen LogP contribution >= 0.6 is 23.2 Å². The van der Waals surface area contributed by atoms with Gasteiger partial charge in [-0.3, -0.25) is 9.59 Å². The average Bonchev–Trinajstić information content (AvgIpc) is 2.88. The first-order valence-electron chi connectivity index (χ1n) is 12.1. The molecule has 0 unspecified atom stereocenters. The topological polar surface area (TPSA) is 57.6 Å². The van der Waals surface area contributed by atoms with Gasteiger partial charge in [0.2, 0.25) is 0 Å². The second-order valence-corrected chi connectivity index (χ2v) is 9.77. The summed E-state index contributed by atoms with van der Waals surface area (Å²) < 4.78 is 0. The zero-order valence-corrected chi connectivity index (χ0v) is 21.8. The highest BCUT2D eigenvalue weighted by molar-refractivity contribution is 6.35. The molecule has 0 aliphatic rings. The van der Waals surface area contributed by atoms with E-state index in [9.17, 15) is 14.7 Å².